The highest BCUT2D eigenvalue weighted by molar-refractivity contribution is 5.88. The minimum absolute atomic E-state index is 0.0628. The minimum atomic E-state index is -1.31. The quantitative estimate of drug-likeness (QED) is 0.371. The smallest absolute Gasteiger partial charge is 0.314 e. The first-order valence-corrected chi connectivity index (χ1v) is 4.63. The van der Waals surface area contributed by atoms with Crippen LogP contribution in [-0.4, -0.2) is 44.3 Å². The van der Waals surface area contributed by atoms with Gasteiger partial charge in [0.25, 0.3) is 0 Å². The van der Waals surface area contributed by atoms with Crippen LogP contribution in [0.1, 0.15) is 32.1 Å². The van der Waals surface area contributed by atoms with Crippen LogP contribution in [0.25, 0.3) is 0 Å². The third kappa shape index (κ3) is 24.8. The molecule has 0 rings (SSSR count). The molecule has 0 aliphatic rings. The van der Waals surface area contributed by atoms with Crippen LogP contribution in [0.15, 0.2) is 0 Å². The Hall–Kier alpha value is -2.12. The molecule has 0 aromatic rings. The molecule has 8 nitrogen and oxygen atoms in total. The Morgan fingerprint density at radius 3 is 1.00 bits per heavy atom. The van der Waals surface area contributed by atoms with Crippen LogP contribution in [0.3, 0.4) is 0 Å². The molecule has 98 valence electrons. The number of hydrogen-bond acceptors (Lipinski definition) is 4. The predicted molar refractivity (Wildman–Crippen MR) is 53.6 cm³/mol. The highest BCUT2D eigenvalue weighted by Gasteiger charge is 2.01. The Morgan fingerprint density at radius 2 is 0.882 bits per heavy atom. The van der Waals surface area contributed by atoms with Crippen LogP contribution in [-0.2, 0) is 19.2 Å². The lowest BCUT2D eigenvalue weighted by molar-refractivity contribution is -0.147. The molecule has 8 heteroatoms. The van der Waals surface area contributed by atoms with Crippen molar-refractivity contribution in [3.63, 3.8) is 0 Å². The van der Waals surface area contributed by atoms with E-state index in [-0.39, 0.29) is 12.8 Å². The average molecular weight is 250 g/mol. The number of carboxylic acids is 4. The van der Waals surface area contributed by atoms with E-state index in [1.54, 1.807) is 0 Å². The predicted octanol–water partition coefficient (Wildman–Crippen LogP) is 0.262. The Balaban J connectivity index is 0. The van der Waals surface area contributed by atoms with Crippen molar-refractivity contribution in [1.29, 1.82) is 0 Å². The van der Waals surface area contributed by atoms with Gasteiger partial charge in [-0.1, -0.05) is 0 Å². The zero-order valence-corrected chi connectivity index (χ0v) is 8.96. The van der Waals surface area contributed by atoms with E-state index in [0.29, 0.717) is 12.8 Å². The first-order chi connectivity index (χ1) is 7.75. The maximum atomic E-state index is 9.90. The van der Waals surface area contributed by atoms with Crippen molar-refractivity contribution >= 4 is 23.9 Å². The summed E-state index contributed by atoms with van der Waals surface area (Å²) in [5.74, 6) is -4.37. The van der Waals surface area contributed by atoms with E-state index in [0.717, 1.165) is 0 Å². The zero-order chi connectivity index (χ0) is 13.8. The fourth-order valence-electron chi connectivity index (χ4n) is 0.682. The normalized spacial score (nSPS) is 8.71. The summed E-state index contributed by atoms with van der Waals surface area (Å²) >= 11 is 0. The van der Waals surface area contributed by atoms with Crippen LogP contribution in [0.4, 0.5) is 0 Å². The SMILES string of the molecule is O=C(O)CC(=O)O.O=C(O)CCCCC(=O)O. The molecule has 0 atom stereocenters. The van der Waals surface area contributed by atoms with Crippen LogP contribution in [0, 0.1) is 0 Å². The van der Waals surface area contributed by atoms with Crippen molar-refractivity contribution in [2.45, 2.75) is 32.1 Å². The van der Waals surface area contributed by atoms with Gasteiger partial charge in [-0.25, -0.2) is 0 Å². The molecule has 0 aromatic heterocycles. The second kappa shape index (κ2) is 10.4. The van der Waals surface area contributed by atoms with E-state index < -0.39 is 30.3 Å². The summed E-state index contributed by atoms with van der Waals surface area (Å²) in [7, 11) is 0. The van der Waals surface area contributed by atoms with Gasteiger partial charge in [0.15, 0.2) is 0 Å². The number of hydrogen-bond donors (Lipinski definition) is 4. The minimum Gasteiger partial charge on any atom is -0.481 e. The van der Waals surface area contributed by atoms with Gasteiger partial charge in [0.1, 0.15) is 6.42 Å². The Bertz CT molecular complexity index is 255. The van der Waals surface area contributed by atoms with Gasteiger partial charge in [0, 0.05) is 12.8 Å². The number of aliphatic carboxylic acids is 4. The fourth-order valence-corrected chi connectivity index (χ4v) is 0.682. The third-order valence-electron chi connectivity index (χ3n) is 1.33. The summed E-state index contributed by atoms with van der Waals surface area (Å²) in [4.78, 5) is 38.7. The second-order valence-corrected chi connectivity index (χ2v) is 2.96. The van der Waals surface area contributed by atoms with Gasteiger partial charge < -0.3 is 20.4 Å². The molecule has 0 saturated carbocycles. The molecule has 17 heavy (non-hydrogen) atoms. The number of unbranched alkanes of at least 4 members (excludes halogenated alkanes) is 1. The number of rotatable bonds is 7. The van der Waals surface area contributed by atoms with E-state index in [1.807, 2.05) is 0 Å². The van der Waals surface area contributed by atoms with Crippen LogP contribution in [0.2, 0.25) is 0 Å². The average Bonchev–Trinajstić information content (AvgIpc) is 2.10. The second-order valence-electron chi connectivity index (χ2n) is 2.96. The molecule has 0 aliphatic heterocycles. The van der Waals surface area contributed by atoms with Gasteiger partial charge in [-0.15, -0.1) is 0 Å². The Morgan fingerprint density at radius 1 is 0.588 bits per heavy atom. The summed E-state index contributed by atoms with van der Waals surface area (Å²) in [6.45, 7) is 0. The molecule has 0 spiro atoms. The molecule has 0 aliphatic carbocycles. The lowest BCUT2D eigenvalue weighted by Crippen LogP contribution is -2.03. The van der Waals surface area contributed by atoms with Crippen LogP contribution in [0.5, 0.6) is 0 Å². The molecule has 0 bridgehead atoms. The van der Waals surface area contributed by atoms with Gasteiger partial charge in [-0.2, -0.15) is 0 Å². The molecule has 0 amide bonds. The number of carboxylic acid groups (broad SMARTS) is 4. The zero-order valence-electron chi connectivity index (χ0n) is 8.96. The Kier molecular flexibility index (Phi) is 10.6. The summed E-state index contributed by atoms with van der Waals surface area (Å²) in [5.41, 5.74) is 0. The Labute approximate surface area is 96.5 Å². The molecule has 0 saturated heterocycles. The van der Waals surface area contributed by atoms with E-state index in [2.05, 4.69) is 0 Å². The molecule has 0 fully saturated rings. The van der Waals surface area contributed by atoms with E-state index in [1.165, 1.54) is 0 Å². The summed E-state index contributed by atoms with van der Waals surface area (Å²) in [6.07, 6.45) is 0.212. The van der Waals surface area contributed by atoms with Gasteiger partial charge in [0.05, 0.1) is 0 Å². The van der Waals surface area contributed by atoms with Crippen LogP contribution >= 0.6 is 0 Å². The standard InChI is InChI=1S/C6H10O4.C3H4O4/c7-5(8)3-1-2-4-6(9)10;4-2(5)1-3(6)7/h1-4H2,(H,7,8)(H,9,10);1H2,(H,4,5)(H,6,7). The highest BCUT2D eigenvalue weighted by Crippen LogP contribution is 1.98. The molecule has 0 heterocycles. The van der Waals surface area contributed by atoms with Gasteiger partial charge in [-0.3, -0.25) is 19.2 Å². The van der Waals surface area contributed by atoms with Crippen molar-refractivity contribution in [3.8, 4) is 0 Å². The first-order valence-electron chi connectivity index (χ1n) is 4.63. The largest absolute Gasteiger partial charge is 0.481 e. The van der Waals surface area contributed by atoms with E-state index >= 15 is 0 Å². The van der Waals surface area contributed by atoms with Gasteiger partial charge in [0.2, 0.25) is 0 Å². The number of carbonyl (C=O) groups is 4. The maximum absolute atomic E-state index is 9.90. The monoisotopic (exact) mass is 250 g/mol. The maximum Gasteiger partial charge on any atom is 0.314 e. The lowest BCUT2D eigenvalue weighted by Gasteiger charge is -1.92. The lowest BCUT2D eigenvalue weighted by atomic mass is 10.2. The molecule has 0 radical (unpaired) electrons. The third-order valence-corrected chi connectivity index (χ3v) is 1.33. The summed E-state index contributed by atoms with van der Waals surface area (Å²) < 4.78 is 0. The van der Waals surface area contributed by atoms with Crippen molar-refractivity contribution in [1.82, 2.24) is 0 Å². The first kappa shape index (κ1) is 17.3. The molecule has 0 unspecified atom stereocenters. The van der Waals surface area contributed by atoms with Crippen molar-refractivity contribution in [2.24, 2.45) is 0 Å². The topological polar surface area (TPSA) is 149 Å². The van der Waals surface area contributed by atoms with Crippen molar-refractivity contribution in [3.05, 3.63) is 0 Å². The van der Waals surface area contributed by atoms with Crippen molar-refractivity contribution in [2.75, 3.05) is 0 Å². The molecule has 4 N–H and O–H groups in total. The van der Waals surface area contributed by atoms with E-state index in [4.69, 9.17) is 20.4 Å². The molecule has 0 aromatic carbocycles. The van der Waals surface area contributed by atoms with E-state index in [9.17, 15) is 19.2 Å². The van der Waals surface area contributed by atoms with Gasteiger partial charge in [-0.05, 0) is 12.8 Å². The highest BCUT2D eigenvalue weighted by atomic mass is 16.4. The van der Waals surface area contributed by atoms with Crippen LogP contribution < -0.4 is 0 Å². The fraction of sp³-hybridized carbons (Fsp3) is 0.556. The summed E-state index contributed by atoms with van der Waals surface area (Å²) in [6, 6.07) is 0. The molecular weight excluding hydrogens is 236 g/mol. The van der Waals surface area contributed by atoms with Gasteiger partial charge >= 0.3 is 23.9 Å². The summed E-state index contributed by atoms with van der Waals surface area (Å²) in [5, 5.41) is 31.7. The van der Waals surface area contributed by atoms with Crippen molar-refractivity contribution < 1.29 is 39.6 Å². The molecular formula is C9H14O8.